The number of nitrogens with one attached hydrogen (secondary N) is 1. The molecule has 9 heteroatoms. The number of sulfonamides is 1. The molecule has 0 saturated heterocycles. The summed E-state index contributed by atoms with van der Waals surface area (Å²) < 4.78 is 60.8. The van der Waals surface area contributed by atoms with Crippen LogP contribution in [0.4, 0.5) is 19.0 Å². The van der Waals surface area contributed by atoms with Gasteiger partial charge in [-0.05, 0) is 13.0 Å². The lowest BCUT2D eigenvalue weighted by Gasteiger charge is -2.19. The first-order valence-electron chi connectivity index (χ1n) is 5.40. The number of hydrogen-bond donors (Lipinski definition) is 1. The molecule has 5 nitrogen and oxygen atoms in total. The predicted molar refractivity (Wildman–Crippen MR) is 64.3 cm³/mol. The van der Waals surface area contributed by atoms with Gasteiger partial charge in [-0.1, -0.05) is 0 Å². The van der Waals surface area contributed by atoms with Gasteiger partial charge < -0.3 is 5.32 Å². The summed E-state index contributed by atoms with van der Waals surface area (Å²) in [6.07, 6.45) is -3.36. The van der Waals surface area contributed by atoms with Gasteiger partial charge in [0.15, 0.2) is 0 Å². The highest BCUT2D eigenvalue weighted by atomic mass is 32.2. The summed E-state index contributed by atoms with van der Waals surface area (Å²) >= 11 is 0. The van der Waals surface area contributed by atoms with E-state index in [9.17, 15) is 21.6 Å². The molecule has 1 rings (SSSR count). The van der Waals surface area contributed by atoms with E-state index in [1.54, 1.807) is 6.92 Å². The Labute approximate surface area is 109 Å². The first kappa shape index (κ1) is 15.7. The molecule has 0 amide bonds. The highest BCUT2D eigenvalue weighted by molar-refractivity contribution is 7.89. The van der Waals surface area contributed by atoms with Gasteiger partial charge in [0.05, 0.1) is 4.90 Å². The quantitative estimate of drug-likeness (QED) is 0.898. The van der Waals surface area contributed by atoms with E-state index in [1.807, 2.05) is 0 Å². The number of alkyl halides is 3. The maximum absolute atomic E-state index is 12.2. The fourth-order valence-corrected chi connectivity index (χ4v) is 2.54. The van der Waals surface area contributed by atoms with Crippen LogP contribution in [0.5, 0.6) is 0 Å². The molecule has 1 aromatic heterocycles. The van der Waals surface area contributed by atoms with Crippen LogP contribution in [0.1, 0.15) is 6.92 Å². The van der Waals surface area contributed by atoms with Crippen LogP contribution < -0.4 is 5.32 Å². The monoisotopic (exact) mass is 297 g/mol. The molecular weight excluding hydrogens is 283 g/mol. The molecule has 0 aromatic carbocycles. The zero-order valence-corrected chi connectivity index (χ0v) is 11.2. The van der Waals surface area contributed by atoms with Crippen molar-refractivity contribution in [2.75, 3.05) is 25.5 Å². The second kappa shape index (κ2) is 5.74. The third kappa shape index (κ3) is 4.35. The Bertz CT molecular complexity index is 531. The molecule has 1 heterocycles. The Morgan fingerprint density at radius 3 is 2.58 bits per heavy atom. The zero-order chi connectivity index (χ0) is 14.7. The smallest absolute Gasteiger partial charge is 0.370 e. The van der Waals surface area contributed by atoms with Crippen LogP contribution >= 0.6 is 0 Å². The normalized spacial score (nSPS) is 12.7. The van der Waals surface area contributed by atoms with Crippen molar-refractivity contribution in [3.63, 3.8) is 0 Å². The lowest BCUT2D eigenvalue weighted by molar-refractivity contribution is -0.134. The molecule has 0 spiro atoms. The molecule has 0 radical (unpaired) electrons. The number of halogens is 3. The minimum atomic E-state index is -4.58. The lowest BCUT2D eigenvalue weighted by Crippen LogP contribution is -2.35. The summed E-state index contributed by atoms with van der Waals surface area (Å²) in [6.45, 7) is 0.779. The second-order valence-corrected chi connectivity index (χ2v) is 5.83. The van der Waals surface area contributed by atoms with Gasteiger partial charge in [-0.25, -0.2) is 13.4 Å². The van der Waals surface area contributed by atoms with E-state index in [0.717, 1.165) is 13.1 Å². The number of hydrogen-bond acceptors (Lipinski definition) is 4. The summed E-state index contributed by atoms with van der Waals surface area (Å²) in [5.74, 6) is 0.295. The number of pyridine rings is 1. The van der Waals surface area contributed by atoms with E-state index in [-0.39, 0.29) is 9.20 Å². The molecule has 0 saturated carbocycles. The van der Waals surface area contributed by atoms with Gasteiger partial charge in [0.25, 0.3) is 0 Å². The maximum atomic E-state index is 12.2. The lowest BCUT2D eigenvalue weighted by atomic mass is 10.4. The van der Waals surface area contributed by atoms with Crippen LogP contribution in [0.2, 0.25) is 0 Å². The molecule has 0 aliphatic rings. The predicted octanol–water partition coefficient (Wildman–Crippen LogP) is 1.70. The first-order chi connectivity index (χ1) is 8.66. The van der Waals surface area contributed by atoms with E-state index in [0.29, 0.717) is 12.4 Å². The topological polar surface area (TPSA) is 62.3 Å². The van der Waals surface area contributed by atoms with Crippen LogP contribution in [0.15, 0.2) is 23.2 Å². The highest BCUT2D eigenvalue weighted by Crippen LogP contribution is 2.22. The Morgan fingerprint density at radius 1 is 1.42 bits per heavy atom. The van der Waals surface area contributed by atoms with Crippen molar-refractivity contribution >= 4 is 15.8 Å². The fraction of sp³-hybridized carbons (Fsp3) is 0.500. The molecule has 19 heavy (non-hydrogen) atoms. The minimum Gasteiger partial charge on any atom is -0.370 e. The van der Waals surface area contributed by atoms with Gasteiger partial charge in [0.2, 0.25) is 10.0 Å². The average Bonchev–Trinajstić information content (AvgIpc) is 2.27. The molecule has 0 atom stereocenters. The second-order valence-electron chi connectivity index (χ2n) is 3.78. The number of rotatable bonds is 5. The van der Waals surface area contributed by atoms with Gasteiger partial charge in [0, 0.05) is 25.9 Å². The molecule has 0 fully saturated rings. The maximum Gasteiger partial charge on any atom is 0.402 e. The minimum absolute atomic E-state index is 0.231. The summed E-state index contributed by atoms with van der Waals surface area (Å²) in [5, 5.41) is 2.79. The summed E-state index contributed by atoms with van der Waals surface area (Å²) in [7, 11) is -3.29. The number of aromatic nitrogens is 1. The van der Waals surface area contributed by atoms with Gasteiger partial charge in [-0.3, -0.25) is 0 Å². The van der Waals surface area contributed by atoms with Crippen LogP contribution in [0.3, 0.4) is 0 Å². The van der Waals surface area contributed by atoms with Crippen LogP contribution in [0.25, 0.3) is 0 Å². The fourth-order valence-electron chi connectivity index (χ4n) is 1.37. The van der Waals surface area contributed by atoms with Crippen LogP contribution in [-0.4, -0.2) is 44.0 Å². The largest absolute Gasteiger partial charge is 0.402 e. The zero-order valence-electron chi connectivity index (χ0n) is 10.4. The molecule has 1 aromatic rings. The highest BCUT2D eigenvalue weighted by Gasteiger charge is 2.34. The van der Waals surface area contributed by atoms with Gasteiger partial charge in [-0.15, -0.1) is 0 Å². The van der Waals surface area contributed by atoms with Crippen molar-refractivity contribution in [3.8, 4) is 0 Å². The Morgan fingerprint density at radius 2 is 2.05 bits per heavy atom. The third-order valence-corrected chi connectivity index (χ3v) is 4.00. The Balaban J connectivity index is 3.03. The SMILES string of the molecule is CCNc1cc(S(=O)(=O)N(C)CC(F)(F)F)ccn1. The van der Waals surface area contributed by atoms with Crippen LogP contribution in [0, 0.1) is 0 Å². The average molecular weight is 297 g/mol. The van der Waals surface area contributed by atoms with E-state index in [2.05, 4.69) is 10.3 Å². The molecular formula is C10H14F3N3O2S. The Kier molecular flexibility index (Phi) is 4.75. The van der Waals surface area contributed by atoms with Crippen molar-refractivity contribution in [2.24, 2.45) is 0 Å². The van der Waals surface area contributed by atoms with Crippen molar-refractivity contribution in [1.82, 2.24) is 9.29 Å². The molecule has 108 valence electrons. The molecule has 0 unspecified atom stereocenters. The Hall–Kier alpha value is -1.35. The van der Waals surface area contributed by atoms with E-state index < -0.39 is 22.7 Å². The number of anilines is 1. The van der Waals surface area contributed by atoms with Gasteiger partial charge >= 0.3 is 6.18 Å². The van der Waals surface area contributed by atoms with Crippen molar-refractivity contribution in [3.05, 3.63) is 18.3 Å². The first-order valence-corrected chi connectivity index (χ1v) is 6.84. The van der Waals surface area contributed by atoms with E-state index >= 15 is 0 Å². The van der Waals surface area contributed by atoms with E-state index in [1.165, 1.54) is 12.3 Å². The van der Waals surface area contributed by atoms with Crippen molar-refractivity contribution in [1.29, 1.82) is 0 Å². The molecule has 0 aliphatic heterocycles. The third-order valence-electron chi connectivity index (χ3n) is 2.20. The van der Waals surface area contributed by atoms with Gasteiger partial charge in [-0.2, -0.15) is 17.5 Å². The summed E-state index contributed by atoms with van der Waals surface area (Å²) in [6, 6.07) is 2.36. The summed E-state index contributed by atoms with van der Waals surface area (Å²) in [4.78, 5) is 3.63. The molecule has 0 aliphatic carbocycles. The van der Waals surface area contributed by atoms with Crippen molar-refractivity contribution < 1.29 is 21.6 Å². The summed E-state index contributed by atoms with van der Waals surface area (Å²) in [5.41, 5.74) is 0. The van der Waals surface area contributed by atoms with E-state index in [4.69, 9.17) is 0 Å². The van der Waals surface area contributed by atoms with Gasteiger partial charge in [0.1, 0.15) is 12.4 Å². The van der Waals surface area contributed by atoms with Crippen molar-refractivity contribution in [2.45, 2.75) is 18.0 Å². The van der Waals surface area contributed by atoms with Crippen LogP contribution in [-0.2, 0) is 10.0 Å². The number of nitrogens with zero attached hydrogens (tertiary/aromatic N) is 2. The molecule has 1 N–H and O–H groups in total. The molecule has 0 bridgehead atoms. The standard InChI is InChI=1S/C10H14F3N3O2S/c1-3-14-9-6-8(4-5-15-9)19(17,18)16(2)7-10(11,12)13/h4-6H,3,7H2,1-2H3,(H,14,15).